The van der Waals surface area contributed by atoms with Crippen LogP contribution in [0.1, 0.15) is 18.5 Å². The summed E-state index contributed by atoms with van der Waals surface area (Å²) in [5.41, 5.74) is 1.07. The molecular formula is C20H29FN6O. The van der Waals surface area contributed by atoms with Crippen LogP contribution in [0.25, 0.3) is 0 Å². The number of rotatable bonds is 8. The standard InChI is InChI=1S/C20H29FN6O/c1-2-22-20(23-9-11-27-10-3-8-25-27)24-16-19(26-12-14-28-15-13-26)17-4-6-18(21)7-5-17/h3-8,10,19H,2,9,11-16H2,1H3,(H2,22,23,24). The second-order valence-corrected chi connectivity index (χ2v) is 6.63. The zero-order valence-electron chi connectivity index (χ0n) is 16.4. The fourth-order valence-corrected chi connectivity index (χ4v) is 3.25. The number of nitrogens with zero attached hydrogens (tertiary/aromatic N) is 4. The van der Waals surface area contributed by atoms with E-state index in [4.69, 9.17) is 9.73 Å². The maximum Gasteiger partial charge on any atom is 0.191 e. The number of hydrogen-bond acceptors (Lipinski definition) is 4. The Morgan fingerprint density at radius 3 is 2.71 bits per heavy atom. The van der Waals surface area contributed by atoms with Crippen LogP contribution in [0.15, 0.2) is 47.7 Å². The van der Waals surface area contributed by atoms with Gasteiger partial charge in [0, 0.05) is 38.6 Å². The highest BCUT2D eigenvalue weighted by molar-refractivity contribution is 5.79. The summed E-state index contributed by atoms with van der Waals surface area (Å²) in [5, 5.41) is 10.8. The SMILES string of the molecule is CCNC(=NCC(c1ccc(F)cc1)N1CCOCC1)NCCn1cccn1. The number of guanidine groups is 1. The normalized spacial score (nSPS) is 16.7. The molecule has 2 N–H and O–H groups in total. The molecule has 2 heterocycles. The van der Waals surface area contributed by atoms with E-state index in [-0.39, 0.29) is 11.9 Å². The highest BCUT2D eigenvalue weighted by Gasteiger charge is 2.22. The first kappa shape index (κ1) is 20.3. The quantitative estimate of drug-likeness (QED) is 0.532. The Morgan fingerprint density at radius 1 is 1.25 bits per heavy atom. The first-order valence-corrected chi connectivity index (χ1v) is 9.83. The van der Waals surface area contributed by atoms with Crippen molar-refractivity contribution in [1.82, 2.24) is 25.3 Å². The van der Waals surface area contributed by atoms with Crippen LogP contribution in [-0.2, 0) is 11.3 Å². The van der Waals surface area contributed by atoms with Gasteiger partial charge in [-0.3, -0.25) is 14.6 Å². The van der Waals surface area contributed by atoms with Gasteiger partial charge in [0.15, 0.2) is 5.96 Å². The van der Waals surface area contributed by atoms with Crippen molar-refractivity contribution in [3.8, 4) is 0 Å². The van der Waals surface area contributed by atoms with E-state index in [1.807, 2.05) is 36.0 Å². The van der Waals surface area contributed by atoms with Crippen LogP contribution in [0.5, 0.6) is 0 Å². The van der Waals surface area contributed by atoms with Crippen LogP contribution in [0.2, 0.25) is 0 Å². The lowest BCUT2D eigenvalue weighted by molar-refractivity contribution is 0.0179. The van der Waals surface area contributed by atoms with Crippen molar-refractivity contribution in [3.63, 3.8) is 0 Å². The Kier molecular flexibility index (Phi) is 7.81. The minimum atomic E-state index is -0.221. The zero-order valence-corrected chi connectivity index (χ0v) is 16.4. The van der Waals surface area contributed by atoms with Crippen molar-refractivity contribution in [3.05, 3.63) is 54.1 Å². The number of halogens is 1. The number of aliphatic imine (C=N–C) groups is 1. The molecule has 1 unspecified atom stereocenters. The third-order valence-corrected chi connectivity index (χ3v) is 4.70. The van der Waals surface area contributed by atoms with Gasteiger partial charge in [0.1, 0.15) is 5.82 Å². The molecule has 0 spiro atoms. The third kappa shape index (κ3) is 6.03. The Bertz CT molecular complexity index is 713. The molecule has 3 rings (SSSR count). The van der Waals surface area contributed by atoms with Gasteiger partial charge in [-0.1, -0.05) is 12.1 Å². The third-order valence-electron chi connectivity index (χ3n) is 4.70. The molecular weight excluding hydrogens is 359 g/mol. The summed E-state index contributed by atoms with van der Waals surface area (Å²) in [7, 11) is 0. The van der Waals surface area contributed by atoms with E-state index in [2.05, 4.69) is 20.6 Å². The van der Waals surface area contributed by atoms with Crippen molar-refractivity contribution < 1.29 is 9.13 Å². The van der Waals surface area contributed by atoms with E-state index >= 15 is 0 Å². The molecule has 7 nitrogen and oxygen atoms in total. The van der Waals surface area contributed by atoms with E-state index in [1.54, 1.807) is 6.20 Å². The van der Waals surface area contributed by atoms with E-state index < -0.39 is 0 Å². The summed E-state index contributed by atoms with van der Waals surface area (Å²) in [6, 6.07) is 8.73. The monoisotopic (exact) mass is 388 g/mol. The lowest BCUT2D eigenvalue weighted by atomic mass is 10.0. The Hall–Kier alpha value is -2.45. The Labute approximate surface area is 165 Å². The molecule has 1 fully saturated rings. The number of benzene rings is 1. The molecule has 0 amide bonds. The van der Waals surface area contributed by atoms with E-state index in [1.165, 1.54) is 12.1 Å². The van der Waals surface area contributed by atoms with Crippen LogP contribution in [0.4, 0.5) is 4.39 Å². The lowest BCUT2D eigenvalue weighted by Crippen LogP contribution is -2.42. The van der Waals surface area contributed by atoms with Crippen LogP contribution in [-0.4, -0.2) is 66.6 Å². The molecule has 1 saturated heterocycles. The maximum atomic E-state index is 13.4. The van der Waals surface area contributed by atoms with Gasteiger partial charge in [0.2, 0.25) is 0 Å². The lowest BCUT2D eigenvalue weighted by Gasteiger charge is -2.34. The molecule has 1 atom stereocenters. The number of ether oxygens (including phenoxy) is 1. The number of morpholine rings is 1. The topological polar surface area (TPSA) is 66.7 Å². The predicted octanol–water partition coefficient (Wildman–Crippen LogP) is 1.65. The fourth-order valence-electron chi connectivity index (χ4n) is 3.25. The molecule has 2 aromatic rings. The van der Waals surface area contributed by atoms with Gasteiger partial charge < -0.3 is 15.4 Å². The van der Waals surface area contributed by atoms with Crippen molar-refractivity contribution in [1.29, 1.82) is 0 Å². The summed E-state index contributed by atoms with van der Waals surface area (Å²) in [4.78, 5) is 7.15. The smallest absolute Gasteiger partial charge is 0.191 e. The maximum absolute atomic E-state index is 13.4. The fraction of sp³-hybridized carbons (Fsp3) is 0.500. The number of nitrogens with one attached hydrogen (secondary N) is 2. The van der Waals surface area contributed by atoms with Crippen molar-refractivity contribution >= 4 is 5.96 Å². The van der Waals surface area contributed by atoms with Crippen LogP contribution in [0.3, 0.4) is 0 Å². The molecule has 0 saturated carbocycles. The van der Waals surface area contributed by atoms with Crippen molar-refractivity contribution in [2.45, 2.75) is 19.5 Å². The van der Waals surface area contributed by atoms with Gasteiger partial charge in [0.05, 0.1) is 32.3 Å². The average Bonchev–Trinajstić information content (AvgIpc) is 3.24. The second kappa shape index (κ2) is 10.8. The summed E-state index contributed by atoms with van der Waals surface area (Å²) in [5.74, 6) is 0.552. The summed E-state index contributed by atoms with van der Waals surface area (Å²) < 4.78 is 20.7. The van der Waals surface area contributed by atoms with Gasteiger partial charge in [-0.15, -0.1) is 0 Å². The number of hydrogen-bond donors (Lipinski definition) is 2. The first-order chi connectivity index (χ1) is 13.8. The summed E-state index contributed by atoms with van der Waals surface area (Å²) >= 11 is 0. The summed E-state index contributed by atoms with van der Waals surface area (Å²) in [6.45, 7) is 8.03. The molecule has 152 valence electrons. The molecule has 28 heavy (non-hydrogen) atoms. The Balaban J connectivity index is 1.66. The zero-order chi connectivity index (χ0) is 19.6. The van der Waals surface area contributed by atoms with E-state index in [9.17, 15) is 4.39 Å². The molecule has 1 aromatic heterocycles. The van der Waals surface area contributed by atoms with E-state index in [0.717, 1.165) is 44.2 Å². The Morgan fingerprint density at radius 2 is 2.04 bits per heavy atom. The molecule has 8 heteroatoms. The van der Waals surface area contributed by atoms with Crippen molar-refractivity contribution in [2.75, 3.05) is 45.9 Å². The molecule has 1 aliphatic rings. The van der Waals surface area contributed by atoms with Crippen LogP contribution < -0.4 is 10.6 Å². The highest BCUT2D eigenvalue weighted by atomic mass is 19.1. The molecule has 1 aliphatic heterocycles. The van der Waals surface area contributed by atoms with Crippen molar-refractivity contribution in [2.24, 2.45) is 4.99 Å². The molecule has 0 radical (unpaired) electrons. The molecule has 0 bridgehead atoms. The molecule has 1 aromatic carbocycles. The summed E-state index contributed by atoms with van der Waals surface area (Å²) in [6.07, 6.45) is 3.71. The predicted molar refractivity (Wildman–Crippen MR) is 108 cm³/mol. The van der Waals surface area contributed by atoms with Gasteiger partial charge in [-0.25, -0.2) is 4.39 Å². The van der Waals surface area contributed by atoms with Gasteiger partial charge in [-0.2, -0.15) is 5.10 Å². The first-order valence-electron chi connectivity index (χ1n) is 9.83. The van der Waals surface area contributed by atoms with Gasteiger partial charge in [0.25, 0.3) is 0 Å². The number of aromatic nitrogens is 2. The second-order valence-electron chi connectivity index (χ2n) is 6.63. The highest BCUT2D eigenvalue weighted by Crippen LogP contribution is 2.22. The minimum absolute atomic E-state index is 0.0890. The van der Waals surface area contributed by atoms with Crippen LogP contribution >= 0.6 is 0 Å². The minimum Gasteiger partial charge on any atom is -0.379 e. The molecule has 0 aliphatic carbocycles. The average molecular weight is 388 g/mol. The van der Waals surface area contributed by atoms with Crippen LogP contribution in [0, 0.1) is 5.82 Å². The van der Waals surface area contributed by atoms with Gasteiger partial charge in [-0.05, 0) is 30.7 Å². The van der Waals surface area contributed by atoms with Gasteiger partial charge >= 0.3 is 0 Å². The van der Waals surface area contributed by atoms with E-state index in [0.29, 0.717) is 19.8 Å². The largest absolute Gasteiger partial charge is 0.379 e.